The highest BCUT2D eigenvalue weighted by Gasteiger charge is 2.29. The lowest BCUT2D eigenvalue weighted by Gasteiger charge is -2.25. The van der Waals surface area contributed by atoms with Crippen LogP contribution in [-0.2, 0) is 4.79 Å². The molecule has 2 rings (SSSR count). The highest BCUT2D eigenvalue weighted by molar-refractivity contribution is 5.82. The molecule has 0 heterocycles. The predicted octanol–water partition coefficient (Wildman–Crippen LogP) is 2.79. The topological polar surface area (TPSA) is 37.3 Å². The van der Waals surface area contributed by atoms with Crippen molar-refractivity contribution in [1.82, 2.24) is 0 Å². The third-order valence-electron chi connectivity index (χ3n) is 3.37. The van der Waals surface area contributed by atoms with E-state index in [1.165, 1.54) is 0 Å². The number of aryl methyl sites for hydroxylation is 1. The Morgan fingerprint density at radius 2 is 2.19 bits per heavy atom. The zero-order valence-corrected chi connectivity index (χ0v) is 9.65. The van der Waals surface area contributed by atoms with Gasteiger partial charge in [0.15, 0.2) is 0 Å². The van der Waals surface area contributed by atoms with Crippen LogP contribution in [0.25, 0.3) is 0 Å². The van der Waals surface area contributed by atoms with Gasteiger partial charge in [-0.25, -0.2) is 0 Å². The van der Waals surface area contributed by atoms with Crippen molar-refractivity contribution in [3.05, 3.63) is 35.4 Å². The van der Waals surface area contributed by atoms with Crippen LogP contribution in [0.5, 0.6) is 0 Å². The average Bonchev–Trinajstić information content (AvgIpc) is 2.29. The zero-order chi connectivity index (χ0) is 11.5. The molecule has 0 amide bonds. The highest BCUT2D eigenvalue weighted by atomic mass is 16.3. The molecule has 1 aromatic rings. The monoisotopic (exact) mass is 218 g/mol. The van der Waals surface area contributed by atoms with Gasteiger partial charge in [-0.2, -0.15) is 0 Å². The largest absolute Gasteiger partial charge is 0.388 e. The van der Waals surface area contributed by atoms with Gasteiger partial charge in [0.25, 0.3) is 0 Å². The maximum Gasteiger partial charge on any atom is 0.138 e. The number of hydrogen-bond acceptors (Lipinski definition) is 2. The molecule has 16 heavy (non-hydrogen) atoms. The summed E-state index contributed by atoms with van der Waals surface area (Å²) in [5, 5.41) is 10.2. The van der Waals surface area contributed by atoms with E-state index in [-0.39, 0.29) is 11.7 Å². The van der Waals surface area contributed by atoms with Crippen LogP contribution >= 0.6 is 0 Å². The van der Waals surface area contributed by atoms with Crippen molar-refractivity contribution in [2.24, 2.45) is 5.92 Å². The van der Waals surface area contributed by atoms with Gasteiger partial charge in [0, 0.05) is 12.3 Å². The first-order valence-electron chi connectivity index (χ1n) is 5.96. The zero-order valence-electron chi connectivity index (χ0n) is 9.65. The van der Waals surface area contributed by atoms with E-state index in [0.29, 0.717) is 6.42 Å². The lowest BCUT2D eigenvalue weighted by Crippen LogP contribution is -2.25. The third kappa shape index (κ3) is 2.33. The SMILES string of the molecule is Cc1cccc([C@@H](O)[C@H]2CCCCC2=O)c1. The number of aliphatic hydroxyl groups excluding tert-OH is 1. The Bertz CT molecular complexity index is 384. The second-order valence-electron chi connectivity index (χ2n) is 4.68. The van der Waals surface area contributed by atoms with Crippen LogP contribution in [0.2, 0.25) is 0 Å². The molecule has 1 fully saturated rings. The smallest absolute Gasteiger partial charge is 0.138 e. The second-order valence-corrected chi connectivity index (χ2v) is 4.68. The van der Waals surface area contributed by atoms with E-state index in [1.54, 1.807) is 0 Å². The summed E-state index contributed by atoms with van der Waals surface area (Å²) >= 11 is 0. The van der Waals surface area contributed by atoms with Crippen molar-refractivity contribution in [2.45, 2.75) is 38.7 Å². The molecular weight excluding hydrogens is 200 g/mol. The number of Topliss-reactive ketones (excluding diaryl/α,β-unsaturated/α-hetero) is 1. The Hall–Kier alpha value is -1.15. The summed E-state index contributed by atoms with van der Waals surface area (Å²) in [6, 6.07) is 7.80. The first-order chi connectivity index (χ1) is 7.68. The minimum absolute atomic E-state index is 0.185. The number of benzene rings is 1. The Kier molecular flexibility index (Phi) is 3.39. The van der Waals surface area contributed by atoms with Gasteiger partial charge in [-0.1, -0.05) is 36.2 Å². The molecule has 0 bridgehead atoms. The lowest BCUT2D eigenvalue weighted by atomic mass is 9.81. The Balaban J connectivity index is 2.17. The summed E-state index contributed by atoms with van der Waals surface area (Å²) in [6.45, 7) is 2.00. The van der Waals surface area contributed by atoms with Gasteiger partial charge in [0.05, 0.1) is 6.10 Å². The van der Waals surface area contributed by atoms with Crippen LogP contribution in [0, 0.1) is 12.8 Å². The molecule has 1 N–H and O–H groups in total. The van der Waals surface area contributed by atoms with Crippen molar-refractivity contribution in [1.29, 1.82) is 0 Å². The molecule has 2 atom stereocenters. The molecule has 1 saturated carbocycles. The molecule has 0 unspecified atom stereocenters. The van der Waals surface area contributed by atoms with E-state index < -0.39 is 6.10 Å². The predicted molar refractivity (Wildman–Crippen MR) is 63.1 cm³/mol. The molecule has 0 spiro atoms. The number of hydrogen-bond donors (Lipinski definition) is 1. The first kappa shape index (κ1) is 11.3. The van der Waals surface area contributed by atoms with Gasteiger partial charge < -0.3 is 5.11 Å². The maximum absolute atomic E-state index is 11.7. The molecule has 1 aliphatic carbocycles. The lowest BCUT2D eigenvalue weighted by molar-refractivity contribution is -0.128. The normalized spacial score (nSPS) is 23.1. The third-order valence-corrected chi connectivity index (χ3v) is 3.37. The molecule has 2 nitrogen and oxygen atoms in total. The number of carbonyl (C=O) groups excluding carboxylic acids is 1. The standard InChI is InChI=1S/C14H18O2/c1-10-5-4-6-11(9-10)14(16)12-7-2-3-8-13(12)15/h4-6,9,12,14,16H,2-3,7-8H2,1H3/t12-,14+/m0/s1. The summed E-state index contributed by atoms with van der Waals surface area (Å²) in [6.07, 6.45) is 2.88. The van der Waals surface area contributed by atoms with Gasteiger partial charge in [0.1, 0.15) is 5.78 Å². The number of rotatable bonds is 2. The molecule has 0 saturated heterocycles. The van der Waals surface area contributed by atoms with Crippen LogP contribution < -0.4 is 0 Å². The molecule has 1 aliphatic rings. The fraction of sp³-hybridized carbons (Fsp3) is 0.500. The highest BCUT2D eigenvalue weighted by Crippen LogP contribution is 2.32. The number of carbonyl (C=O) groups is 1. The molecule has 0 aromatic heterocycles. The van der Waals surface area contributed by atoms with E-state index in [9.17, 15) is 9.90 Å². The molecule has 0 radical (unpaired) electrons. The molecule has 2 heteroatoms. The van der Waals surface area contributed by atoms with Crippen LogP contribution in [-0.4, -0.2) is 10.9 Å². The Morgan fingerprint density at radius 3 is 2.88 bits per heavy atom. The molecule has 86 valence electrons. The van der Waals surface area contributed by atoms with Crippen LogP contribution in [0.1, 0.15) is 42.9 Å². The van der Waals surface area contributed by atoms with Gasteiger partial charge in [-0.15, -0.1) is 0 Å². The Morgan fingerprint density at radius 1 is 1.38 bits per heavy atom. The summed E-state index contributed by atoms with van der Waals surface area (Å²) in [7, 11) is 0. The van der Waals surface area contributed by atoms with E-state index >= 15 is 0 Å². The summed E-state index contributed by atoms with van der Waals surface area (Å²) in [4.78, 5) is 11.7. The van der Waals surface area contributed by atoms with E-state index in [2.05, 4.69) is 0 Å². The Labute approximate surface area is 96.3 Å². The van der Waals surface area contributed by atoms with Crippen molar-refractivity contribution >= 4 is 5.78 Å². The minimum Gasteiger partial charge on any atom is -0.388 e. The minimum atomic E-state index is -0.618. The van der Waals surface area contributed by atoms with E-state index in [4.69, 9.17) is 0 Å². The van der Waals surface area contributed by atoms with E-state index in [0.717, 1.165) is 30.4 Å². The van der Waals surface area contributed by atoms with Crippen LogP contribution in [0.4, 0.5) is 0 Å². The van der Waals surface area contributed by atoms with Crippen molar-refractivity contribution in [3.63, 3.8) is 0 Å². The van der Waals surface area contributed by atoms with Crippen molar-refractivity contribution in [2.75, 3.05) is 0 Å². The first-order valence-corrected chi connectivity index (χ1v) is 5.96. The van der Waals surface area contributed by atoms with E-state index in [1.807, 2.05) is 31.2 Å². The van der Waals surface area contributed by atoms with Gasteiger partial charge in [0.2, 0.25) is 0 Å². The summed E-state index contributed by atoms with van der Waals surface area (Å²) in [5.41, 5.74) is 2.00. The van der Waals surface area contributed by atoms with Gasteiger partial charge in [-0.3, -0.25) is 4.79 Å². The average molecular weight is 218 g/mol. The molecule has 1 aromatic carbocycles. The summed E-state index contributed by atoms with van der Waals surface area (Å²) < 4.78 is 0. The van der Waals surface area contributed by atoms with Crippen molar-refractivity contribution in [3.8, 4) is 0 Å². The molecule has 0 aliphatic heterocycles. The molecular formula is C14H18O2. The number of aliphatic hydroxyl groups is 1. The van der Waals surface area contributed by atoms with Crippen LogP contribution in [0.15, 0.2) is 24.3 Å². The van der Waals surface area contributed by atoms with Crippen molar-refractivity contribution < 1.29 is 9.90 Å². The van der Waals surface area contributed by atoms with Gasteiger partial charge >= 0.3 is 0 Å². The fourth-order valence-corrected chi connectivity index (χ4v) is 2.43. The quantitative estimate of drug-likeness (QED) is 0.828. The maximum atomic E-state index is 11.7. The number of ketones is 1. The van der Waals surface area contributed by atoms with Crippen LogP contribution in [0.3, 0.4) is 0 Å². The summed E-state index contributed by atoms with van der Waals surface area (Å²) in [5.74, 6) is 0.0378. The van der Waals surface area contributed by atoms with Gasteiger partial charge in [-0.05, 0) is 25.3 Å². The fourth-order valence-electron chi connectivity index (χ4n) is 2.43. The second kappa shape index (κ2) is 4.79.